The Kier molecular flexibility index (Phi) is 5.75. The average Bonchev–Trinajstić information content (AvgIpc) is 2.10. The predicted octanol–water partition coefficient (Wildman–Crippen LogP) is 3.52. The van der Waals surface area contributed by atoms with Crippen LogP contribution in [-0.2, 0) is 5.33 Å². The summed E-state index contributed by atoms with van der Waals surface area (Å²) in [5.74, 6) is -0.181. The van der Waals surface area contributed by atoms with Gasteiger partial charge in [-0.15, -0.1) is 13.2 Å². The number of benzene rings is 1. The Hall–Kier alpha value is -0.630. The van der Waals surface area contributed by atoms with Crippen molar-refractivity contribution in [2.45, 2.75) is 5.33 Å². The minimum atomic E-state index is -0.181. The third kappa shape index (κ3) is 3.94. The van der Waals surface area contributed by atoms with E-state index in [4.69, 9.17) is 0 Å². The molecule has 1 rings (SSSR count). The molecule has 0 aliphatic rings. The molecule has 2 heteroatoms. The van der Waals surface area contributed by atoms with Crippen molar-refractivity contribution in [3.8, 4) is 0 Å². The lowest BCUT2D eigenvalue weighted by molar-refractivity contribution is 0.627. The van der Waals surface area contributed by atoms with E-state index in [1.54, 1.807) is 12.1 Å². The summed E-state index contributed by atoms with van der Waals surface area (Å²) >= 11 is 3.26. The van der Waals surface area contributed by atoms with Crippen molar-refractivity contribution < 1.29 is 4.39 Å². The molecule has 0 heterocycles. The van der Waals surface area contributed by atoms with E-state index < -0.39 is 0 Å². The van der Waals surface area contributed by atoms with E-state index >= 15 is 0 Å². The number of halogens is 2. The lowest BCUT2D eigenvalue weighted by atomic mass is 10.2. The van der Waals surface area contributed by atoms with E-state index in [-0.39, 0.29) is 5.82 Å². The monoisotopic (exact) mass is 216 g/mol. The van der Waals surface area contributed by atoms with Gasteiger partial charge in [0.05, 0.1) is 0 Å². The Bertz CT molecular complexity index is 193. The quantitative estimate of drug-likeness (QED) is 0.498. The van der Waals surface area contributed by atoms with Gasteiger partial charge in [0.25, 0.3) is 0 Å². The number of alkyl halides is 1. The summed E-state index contributed by atoms with van der Waals surface area (Å²) in [6.45, 7) is 6.00. The average molecular weight is 217 g/mol. The predicted molar refractivity (Wildman–Crippen MR) is 50.3 cm³/mol. The molecule has 0 saturated heterocycles. The third-order valence-corrected chi connectivity index (χ3v) is 1.72. The van der Waals surface area contributed by atoms with Crippen LogP contribution in [0, 0.1) is 5.82 Å². The summed E-state index contributed by atoms with van der Waals surface area (Å²) in [4.78, 5) is 0. The fourth-order valence-corrected chi connectivity index (χ4v) is 0.947. The molecule has 0 aromatic heterocycles. The van der Waals surface area contributed by atoms with E-state index in [2.05, 4.69) is 29.1 Å². The van der Waals surface area contributed by atoms with Gasteiger partial charge in [0.15, 0.2) is 0 Å². The summed E-state index contributed by atoms with van der Waals surface area (Å²) in [7, 11) is 0. The highest BCUT2D eigenvalue weighted by Gasteiger charge is 1.88. The van der Waals surface area contributed by atoms with Gasteiger partial charge >= 0.3 is 0 Å². The maximum Gasteiger partial charge on any atom is 0.123 e. The van der Waals surface area contributed by atoms with Crippen LogP contribution in [0.15, 0.2) is 37.4 Å². The molecule has 1 aromatic rings. The van der Waals surface area contributed by atoms with Crippen molar-refractivity contribution in [2.75, 3.05) is 0 Å². The summed E-state index contributed by atoms with van der Waals surface area (Å²) < 4.78 is 12.2. The first-order valence-corrected chi connectivity index (χ1v) is 4.25. The maximum absolute atomic E-state index is 12.2. The van der Waals surface area contributed by atoms with Gasteiger partial charge in [0, 0.05) is 5.33 Å². The van der Waals surface area contributed by atoms with Crippen LogP contribution in [0.2, 0.25) is 0 Å². The van der Waals surface area contributed by atoms with E-state index in [1.165, 1.54) is 12.1 Å². The van der Waals surface area contributed by atoms with Crippen molar-refractivity contribution in [2.24, 2.45) is 0 Å². The molecule has 1 aromatic carbocycles. The summed E-state index contributed by atoms with van der Waals surface area (Å²) in [5.41, 5.74) is 1.09. The van der Waals surface area contributed by atoms with Gasteiger partial charge in [0.2, 0.25) is 0 Å². The van der Waals surface area contributed by atoms with Gasteiger partial charge in [-0.1, -0.05) is 28.1 Å². The normalized spacial score (nSPS) is 8.18. The van der Waals surface area contributed by atoms with E-state index in [0.29, 0.717) is 0 Å². The molecule has 60 valence electrons. The Morgan fingerprint density at radius 1 is 1.18 bits per heavy atom. The number of hydrogen-bond acceptors (Lipinski definition) is 0. The molecule has 0 amide bonds. The van der Waals surface area contributed by atoms with Crippen LogP contribution < -0.4 is 0 Å². The smallest absolute Gasteiger partial charge is 0.123 e. The Morgan fingerprint density at radius 2 is 1.64 bits per heavy atom. The molecule has 0 spiro atoms. The highest BCUT2D eigenvalue weighted by atomic mass is 79.9. The van der Waals surface area contributed by atoms with Crippen molar-refractivity contribution in [3.63, 3.8) is 0 Å². The molecule has 0 bridgehead atoms. The number of rotatable bonds is 1. The zero-order chi connectivity index (χ0) is 8.69. The first-order valence-electron chi connectivity index (χ1n) is 3.13. The molecule has 0 fully saturated rings. The fourth-order valence-electron chi connectivity index (χ4n) is 0.573. The zero-order valence-electron chi connectivity index (χ0n) is 6.19. The van der Waals surface area contributed by atoms with E-state index in [1.807, 2.05) is 0 Å². The molecule has 11 heavy (non-hydrogen) atoms. The fraction of sp³-hybridized carbons (Fsp3) is 0.111. The molecule has 0 aliphatic heterocycles. The molecular formula is C9H10BrF. The Balaban J connectivity index is 0.000000461. The highest BCUT2D eigenvalue weighted by molar-refractivity contribution is 9.08. The lowest BCUT2D eigenvalue weighted by Gasteiger charge is -1.91. The molecule has 0 atom stereocenters. The van der Waals surface area contributed by atoms with Crippen molar-refractivity contribution in [1.82, 2.24) is 0 Å². The minimum Gasteiger partial charge on any atom is -0.207 e. The first-order chi connectivity index (χ1) is 5.33. The van der Waals surface area contributed by atoms with Crippen LogP contribution in [0.1, 0.15) is 5.56 Å². The van der Waals surface area contributed by atoms with Crippen LogP contribution in [0.25, 0.3) is 0 Å². The summed E-state index contributed by atoms with van der Waals surface area (Å²) in [5, 5.41) is 0.785. The van der Waals surface area contributed by atoms with Crippen LogP contribution in [0.4, 0.5) is 4.39 Å². The number of hydrogen-bond donors (Lipinski definition) is 0. The second kappa shape index (κ2) is 6.10. The van der Waals surface area contributed by atoms with Gasteiger partial charge in [-0.25, -0.2) is 4.39 Å². The Morgan fingerprint density at radius 3 is 2.00 bits per heavy atom. The molecular weight excluding hydrogens is 207 g/mol. The van der Waals surface area contributed by atoms with Gasteiger partial charge in [-0.3, -0.25) is 0 Å². The maximum atomic E-state index is 12.2. The topological polar surface area (TPSA) is 0 Å². The Labute approximate surface area is 74.9 Å². The summed E-state index contributed by atoms with van der Waals surface area (Å²) in [6.07, 6.45) is 0. The third-order valence-electron chi connectivity index (χ3n) is 1.07. The van der Waals surface area contributed by atoms with Crippen molar-refractivity contribution >= 4 is 15.9 Å². The van der Waals surface area contributed by atoms with Gasteiger partial charge in [-0.05, 0) is 17.7 Å². The standard InChI is InChI=1S/C7H6BrF.C2H4/c8-5-6-1-3-7(9)4-2-6;1-2/h1-4H,5H2;1-2H2. The first kappa shape index (κ1) is 10.4. The largest absolute Gasteiger partial charge is 0.207 e. The SMILES string of the molecule is C=C.Fc1ccc(CBr)cc1. The highest BCUT2D eigenvalue weighted by Crippen LogP contribution is 2.05. The van der Waals surface area contributed by atoms with Crippen molar-refractivity contribution in [3.05, 3.63) is 48.8 Å². The van der Waals surface area contributed by atoms with Crippen LogP contribution in [0.3, 0.4) is 0 Å². The van der Waals surface area contributed by atoms with Gasteiger partial charge in [0.1, 0.15) is 5.82 Å². The summed E-state index contributed by atoms with van der Waals surface area (Å²) in [6, 6.07) is 6.42. The molecule has 0 unspecified atom stereocenters. The molecule has 0 saturated carbocycles. The van der Waals surface area contributed by atoms with Crippen LogP contribution >= 0.6 is 15.9 Å². The van der Waals surface area contributed by atoms with Gasteiger partial charge < -0.3 is 0 Å². The molecule has 0 N–H and O–H groups in total. The van der Waals surface area contributed by atoms with Crippen LogP contribution in [-0.4, -0.2) is 0 Å². The minimum absolute atomic E-state index is 0.181. The molecule has 0 aliphatic carbocycles. The lowest BCUT2D eigenvalue weighted by Crippen LogP contribution is -1.76. The second-order valence-corrected chi connectivity index (χ2v) is 2.32. The van der Waals surface area contributed by atoms with E-state index in [0.717, 1.165) is 10.9 Å². The zero-order valence-corrected chi connectivity index (χ0v) is 7.77. The molecule has 0 radical (unpaired) electrons. The van der Waals surface area contributed by atoms with Gasteiger partial charge in [-0.2, -0.15) is 0 Å². The second-order valence-electron chi connectivity index (χ2n) is 1.76. The van der Waals surface area contributed by atoms with Crippen LogP contribution in [0.5, 0.6) is 0 Å². The molecule has 0 nitrogen and oxygen atoms in total. The van der Waals surface area contributed by atoms with E-state index in [9.17, 15) is 4.39 Å². The van der Waals surface area contributed by atoms with Crippen molar-refractivity contribution in [1.29, 1.82) is 0 Å².